The summed E-state index contributed by atoms with van der Waals surface area (Å²) in [6.07, 6.45) is 1.26. The highest BCUT2D eigenvalue weighted by Crippen LogP contribution is 2.31. The molecule has 2 heterocycles. The topological polar surface area (TPSA) is 70.4 Å². The quantitative estimate of drug-likeness (QED) is 0.366. The first kappa shape index (κ1) is 21.8. The maximum Gasteiger partial charge on any atom is 0.305 e. The van der Waals surface area contributed by atoms with Crippen molar-refractivity contribution in [2.45, 2.75) is 25.8 Å². The minimum Gasteiger partial charge on any atom is -0.497 e. The summed E-state index contributed by atoms with van der Waals surface area (Å²) in [5.41, 5.74) is 2.00. The molecule has 164 valence electrons. The fraction of sp³-hybridized carbons (Fsp3) is 0.240. The van der Waals surface area contributed by atoms with Crippen LogP contribution in [0.2, 0.25) is 0 Å². The predicted octanol–water partition coefficient (Wildman–Crippen LogP) is 4.68. The van der Waals surface area contributed by atoms with Crippen LogP contribution in [-0.2, 0) is 22.5 Å². The molecule has 2 aromatic heterocycles. The van der Waals surface area contributed by atoms with E-state index in [4.69, 9.17) is 14.5 Å². The second-order valence-electron chi connectivity index (χ2n) is 7.38. The summed E-state index contributed by atoms with van der Waals surface area (Å²) in [6.45, 7) is 0.402. The molecule has 7 heteroatoms. The Kier molecular flexibility index (Phi) is 6.66. The molecule has 0 N–H and O–H groups in total. The maximum absolute atomic E-state index is 13.4. The molecule has 6 nitrogen and oxygen atoms in total. The fourth-order valence-electron chi connectivity index (χ4n) is 3.58. The Morgan fingerprint density at radius 1 is 1.06 bits per heavy atom. The summed E-state index contributed by atoms with van der Waals surface area (Å²) >= 11 is 1.52. The van der Waals surface area contributed by atoms with Gasteiger partial charge in [-0.25, -0.2) is 4.98 Å². The standard InChI is InChI=1S/C25H24N2O4S/c1-30-19-12-10-17(11-13-19)15-22-26-24-20(16-21(32-24)18-7-4-3-5-8-18)25(29)27(22)14-6-9-23(28)31-2/h3-5,7-8,10-13,16H,6,9,14-15H2,1-2H3. The fourth-order valence-corrected chi connectivity index (χ4v) is 4.62. The zero-order valence-electron chi connectivity index (χ0n) is 18.0. The summed E-state index contributed by atoms with van der Waals surface area (Å²) in [6, 6.07) is 19.6. The van der Waals surface area contributed by atoms with Crippen molar-refractivity contribution < 1.29 is 14.3 Å². The van der Waals surface area contributed by atoms with Crippen LogP contribution >= 0.6 is 11.3 Å². The highest BCUT2D eigenvalue weighted by atomic mass is 32.1. The molecule has 0 aliphatic carbocycles. The van der Waals surface area contributed by atoms with Gasteiger partial charge in [0.05, 0.1) is 19.6 Å². The number of thiophene rings is 1. The largest absolute Gasteiger partial charge is 0.497 e. The Balaban J connectivity index is 1.74. The first-order chi connectivity index (χ1) is 15.6. The molecule has 0 atom stereocenters. The lowest BCUT2D eigenvalue weighted by Gasteiger charge is -2.12. The summed E-state index contributed by atoms with van der Waals surface area (Å²) in [5, 5.41) is 0.602. The summed E-state index contributed by atoms with van der Waals surface area (Å²) in [5.74, 6) is 1.17. The third kappa shape index (κ3) is 4.73. The number of aromatic nitrogens is 2. The van der Waals surface area contributed by atoms with Gasteiger partial charge < -0.3 is 9.47 Å². The van der Waals surface area contributed by atoms with Crippen molar-refractivity contribution in [3.63, 3.8) is 0 Å². The number of fused-ring (bicyclic) bond motifs is 1. The Hall–Kier alpha value is -3.45. The van der Waals surface area contributed by atoms with Gasteiger partial charge in [-0.15, -0.1) is 11.3 Å². The molecular weight excluding hydrogens is 424 g/mol. The minimum absolute atomic E-state index is 0.0817. The van der Waals surface area contributed by atoms with Gasteiger partial charge >= 0.3 is 5.97 Å². The SMILES string of the molecule is COC(=O)CCCn1c(Cc2ccc(OC)cc2)nc2sc(-c3ccccc3)cc2c1=O. The van der Waals surface area contributed by atoms with E-state index in [-0.39, 0.29) is 17.9 Å². The highest BCUT2D eigenvalue weighted by molar-refractivity contribution is 7.21. The molecule has 0 saturated heterocycles. The van der Waals surface area contributed by atoms with Gasteiger partial charge in [-0.1, -0.05) is 42.5 Å². The van der Waals surface area contributed by atoms with Crippen molar-refractivity contribution in [2.24, 2.45) is 0 Å². The zero-order chi connectivity index (χ0) is 22.5. The van der Waals surface area contributed by atoms with E-state index in [2.05, 4.69) is 0 Å². The Morgan fingerprint density at radius 2 is 1.81 bits per heavy atom. The van der Waals surface area contributed by atoms with E-state index in [1.54, 1.807) is 11.7 Å². The van der Waals surface area contributed by atoms with Crippen molar-refractivity contribution in [1.29, 1.82) is 0 Å². The van der Waals surface area contributed by atoms with Crippen LogP contribution in [0.4, 0.5) is 0 Å². The molecule has 0 aliphatic rings. The number of carbonyl (C=O) groups is 1. The molecule has 0 fully saturated rings. The number of nitrogens with zero attached hydrogens (tertiary/aromatic N) is 2. The number of benzene rings is 2. The number of hydrogen-bond acceptors (Lipinski definition) is 6. The molecule has 4 rings (SSSR count). The first-order valence-electron chi connectivity index (χ1n) is 10.4. The predicted molar refractivity (Wildman–Crippen MR) is 126 cm³/mol. The van der Waals surface area contributed by atoms with Crippen LogP contribution in [0.1, 0.15) is 24.2 Å². The van der Waals surface area contributed by atoms with Crippen LogP contribution in [0.15, 0.2) is 65.5 Å². The second-order valence-corrected chi connectivity index (χ2v) is 8.42. The molecule has 0 bridgehead atoms. The van der Waals surface area contributed by atoms with Crippen molar-refractivity contribution >= 4 is 27.5 Å². The highest BCUT2D eigenvalue weighted by Gasteiger charge is 2.16. The van der Waals surface area contributed by atoms with Crippen LogP contribution in [0, 0.1) is 0 Å². The minimum atomic E-state index is -0.286. The third-order valence-electron chi connectivity index (χ3n) is 5.30. The lowest BCUT2D eigenvalue weighted by Crippen LogP contribution is -2.25. The summed E-state index contributed by atoms with van der Waals surface area (Å²) in [4.78, 5) is 31.6. The lowest BCUT2D eigenvalue weighted by molar-refractivity contribution is -0.140. The number of rotatable bonds is 8. The van der Waals surface area contributed by atoms with E-state index in [9.17, 15) is 9.59 Å². The Morgan fingerprint density at radius 3 is 2.50 bits per heavy atom. The van der Waals surface area contributed by atoms with Gasteiger partial charge in [-0.05, 0) is 35.7 Å². The van der Waals surface area contributed by atoms with Crippen molar-refractivity contribution in [3.8, 4) is 16.2 Å². The van der Waals surface area contributed by atoms with Crippen LogP contribution in [-0.4, -0.2) is 29.7 Å². The molecule has 0 radical (unpaired) electrons. The molecule has 0 saturated carbocycles. The Labute approximate surface area is 190 Å². The van der Waals surface area contributed by atoms with Gasteiger partial charge in [0, 0.05) is 24.3 Å². The van der Waals surface area contributed by atoms with Crippen LogP contribution in [0.3, 0.4) is 0 Å². The van der Waals surface area contributed by atoms with E-state index in [0.29, 0.717) is 30.6 Å². The molecule has 2 aromatic carbocycles. The monoisotopic (exact) mass is 448 g/mol. The second kappa shape index (κ2) is 9.78. The molecule has 0 spiro atoms. The summed E-state index contributed by atoms with van der Waals surface area (Å²) in [7, 11) is 3.00. The van der Waals surface area contributed by atoms with E-state index < -0.39 is 0 Å². The number of carbonyl (C=O) groups excluding carboxylic acids is 1. The van der Waals surface area contributed by atoms with Crippen molar-refractivity contribution in [2.75, 3.05) is 14.2 Å². The van der Waals surface area contributed by atoms with Crippen molar-refractivity contribution in [3.05, 3.63) is 82.4 Å². The molecule has 0 unspecified atom stereocenters. The number of ether oxygens (including phenoxy) is 2. The average molecular weight is 449 g/mol. The zero-order valence-corrected chi connectivity index (χ0v) is 18.9. The lowest BCUT2D eigenvalue weighted by atomic mass is 10.1. The molecular formula is C25H24N2O4S. The van der Waals surface area contributed by atoms with Crippen LogP contribution in [0.5, 0.6) is 5.75 Å². The van der Waals surface area contributed by atoms with Gasteiger partial charge in [0.2, 0.25) is 0 Å². The number of esters is 1. The summed E-state index contributed by atoms with van der Waals surface area (Å²) < 4.78 is 11.7. The first-order valence-corrected chi connectivity index (χ1v) is 11.2. The molecule has 0 aliphatic heterocycles. The Bertz CT molecular complexity index is 1280. The van der Waals surface area contributed by atoms with Gasteiger partial charge in [0.1, 0.15) is 16.4 Å². The molecule has 4 aromatic rings. The number of hydrogen-bond donors (Lipinski definition) is 0. The van der Waals surface area contributed by atoms with Crippen molar-refractivity contribution in [1.82, 2.24) is 9.55 Å². The van der Waals surface area contributed by atoms with Gasteiger partial charge in [-0.2, -0.15) is 0 Å². The maximum atomic E-state index is 13.4. The number of methoxy groups -OCH3 is 2. The molecule has 32 heavy (non-hydrogen) atoms. The van der Waals surface area contributed by atoms with E-state index in [1.807, 2.05) is 60.7 Å². The van der Waals surface area contributed by atoms with E-state index >= 15 is 0 Å². The smallest absolute Gasteiger partial charge is 0.305 e. The third-order valence-corrected chi connectivity index (χ3v) is 6.38. The normalized spacial score (nSPS) is 10.9. The van der Waals surface area contributed by atoms with Gasteiger partial charge in [0.15, 0.2) is 0 Å². The van der Waals surface area contributed by atoms with E-state index in [0.717, 1.165) is 26.6 Å². The average Bonchev–Trinajstić information content (AvgIpc) is 3.26. The van der Waals surface area contributed by atoms with Gasteiger partial charge in [-0.3, -0.25) is 14.2 Å². The molecule has 0 amide bonds. The van der Waals surface area contributed by atoms with Crippen LogP contribution < -0.4 is 10.3 Å². The van der Waals surface area contributed by atoms with Gasteiger partial charge in [0.25, 0.3) is 5.56 Å². The van der Waals surface area contributed by atoms with E-state index in [1.165, 1.54) is 18.4 Å². The van der Waals surface area contributed by atoms with Crippen LogP contribution in [0.25, 0.3) is 20.7 Å².